The molecule has 0 atom stereocenters. The lowest BCUT2D eigenvalue weighted by Crippen LogP contribution is -1.99. The second-order valence-electron chi connectivity index (χ2n) is 2.99. The van der Waals surface area contributed by atoms with Crippen molar-refractivity contribution in [2.24, 2.45) is 0 Å². The number of oxazole rings is 1. The van der Waals surface area contributed by atoms with Crippen LogP contribution in [0.15, 0.2) is 26.1 Å². The normalized spacial score (nSPS) is 11.4. The molecular weight excluding hydrogens is 186 g/mol. The minimum absolute atomic E-state index is 0.282. The molecule has 14 heavy (non-hydrogen) atoms. The molecule has 0 aliphatic heterocycles. The standard InChI is InChI=1S/C8H5N3O3/c12-7-9-3-1-5-6(2-4(3)10-7)14-8(13)11-5/h1-2H,(H,11,13)(H2,9,10,12). The minimum atomic E-state index is -0.505. The van der Waals surface area contributed by atoms with Gasteiger partial charge < -0.3 is 14.4 Å². The smallest absolute Gasteiger partial charge is 0.408 e. The average Bonchev–Trinajstić information content (AvgIpc) is 2.59. The fraction of sp³-hybridized carbons (Fsp3) is 0. The summed E-state index contributed by atoms with van der Waals surface area (Å²) in [7, 11) is 0. The number of aromatic nitrogens is 3. The quantitative estimate of drug-likeness (QED) is 0.476. The van der Waals surface area contributed by atoms with Gasteiger partial charge in [-0.2, -0.15) is 0 Å². The van der Waals surface area contributed by atoms with Gasteiger partial charge in [-0.15, -0.1) is 0 Å². The first kappa shape index (κ1) is 7.19. The van der Waals surface area contributed by atoms with Crippen molar-refractivity contribution in [1.29, 1.82) is 0 Å². The molecule has 0 bridgehead atoms. The van der Waals surface area contributed by atoms with Crippen LogP contribution in [0.5, 0.6) is 0 Å². The average molecular weight is 191 g/mol. The monoisotopic (exact) mass is 191 g/mol. The van der Waals surface area contributed by atoms with Crippen molar-refractivity contribution in [2.75, 3.05) is 0 Å². The third kappa shape index (κ3) is 0.846. The first-order valence-corrected chi connectivity index (χ1v) is 3.97. The second-order valence-corrected chi connectivity index (χ2v) is 2.99. The third-order valence-corrected chi connectivity index (χ3v) is 2.06. The maximum Gasteiger partial charge on any atom is 0.417 e. The summed E-state index contributed by atoms with van der Waals surface area (Å²) in [4.78, 5) is 29.5. The molecule has 3 N–H and O–H groups in total. The summed E-state index contributed by atoms with van der Waals surface area (Å²) in [6, 6.07) is 3.24. The summed E-state index contributed by atoms with van der Waals surface area (Å²) in [5.41, 5.74) is 1.97. The van der Waals surface area contributed by atoms with E-state index in [9.17, 15) is 9.59 Å². The number of fused-ring (bicyclic) bond motifs is 2. The summed E-state index contributed by atoms with van der Waals surface area (Å²) in [5.74, 6) is -0.505. The van der Waals surface area contributed by atoms with Gasteiger partial charge in [0.25, 0.3) is 0 Å². The summed E-state index contributed by atoms with van der Waals surface area (Å²) < 4.78 is 4.84. The van der Waals surface area contributed by atoms with Gasteiger partial charge in [-0.05, 0) is 6.07 Å². The summed E-state index contributed by atoms with van der Waals surface area (Å²) in [6.07, 6.45) is 0. The Labute approximate surface area is 75.6 Å². The van der Waals surface area contributed by atoms with Gasteiger partial charge in [-0.3, -0.25) is 4.98 Å². The zero-order valence-electron chi connectivity index (χ0n) is 6.88. The Balaban J connectivity index is 2.61. The number of aromatic amines is 3. The van der Waals surface area contributed by atoms with Crippen LogP contribution in [-0.2, 0) is 0 Å². The molecule has 2 heterocycles. The minimum Gasteiger partial charge on any atom is -0.408 e. The van der Waals surface area contributed by atoms with Crippen molar-refractivity contribution in [3.8, 4) is 0 Å². The maximum absolute atomic E-state index is 10.9. The van der Waals surface area contributed by atoms with E-state index in [1.807, 2.05) is 0 Å². The SMILES string of the molecule is O=c1[nH]c2cc3[nH]c(=O)oc3cc2[nH]1. The number of H-pyrrole nitrogens is 3. The summed E-state index contributed by atoms with van der Waals surface area (Å²) in [6.45, 7) is 0. The number of imidazole rings is 1. The van der Waals surface area contributed by atoms with Crippen LogP contribution in [0.25, 0.3) is 22.1 Å². The molecule has 1 aromatic carbocycles. The van der Waals surface area contributed by atoms with Crippen LogP contribution in [-0.4, -0.2) is 15.0 Å². The molecule has 0 radical (unpaired) electrons. The Bertz CT molecular complexity index is 611. The van der Waals surface area contributed by atoms with E-state index in [-0.39, 0.29) is 5.69 Å². The Hall–Kier alpha value is -2.24. The van der Waals surface area contributed by atoms with E-state index in [1.165, 1.54) is 0 Å². The number of nitrogens with one attached hydrogen (secondary N) is 3. The molecule has 0 saturated carbocycles. The van der Waals surface area contributed by atoms with E-state index >= 15 is 0 Å². The fourth-order valence-corrected chi connectivity index (χ4v) is 1.48. The summed E-state index contributed by atoms with van der Waals surface area (Å²) >= 11 is 0. The van der Waals surface area contributed by atoms with Crippen molar-refractivity contribution in [2.45, 2.75) is 0 Å². The molecule has 6 heteroatoms. The van der Waals surface area contributed by atoms with Crippen LogP contribution < -0.4 is 11.4 Å². The van der Waals surface area contributed by atoms with E-state index in [2.05, 4.69) is 15.0 Å². The van der Waals surface area contributed by atoms with Crippen LogP contribution in [0.2, 0.25) is 0 Å². The van der Waals surface area contributed by atoms with Crippen molar-refractivity contribution in [3.05, 3.63) is 33.2 Å². The molecule has 0 amide bonds. The number of hydrogen-bond acceptors (Lipinski definition) is 3. The topological polar surface area (TPSA) is 94.7 Å². The van der Waals surface area contributed by atoms with Crippen molar-refractivity contribution < 1.29 is 4.42 Å². The molecule has 70 valence electrons. The molecule has 0 fully saturated rings. The van der Waals surface area contributed by atoms with E-state index < -0.39 is 5.76 Å². The maximum atomic E-state index is 10.9. The van der Waals surface area contributed by atoms with Gasteiger partial charge in [0, 0.05) is 6.07 Å². The summed E-state index contributed by atoms with van der Waals surface area (Å²) in [5, 5.41) is 0. The van der Waals surface area contributed by atoms with Gasteiger partial charge in [-0.25, -0.2) is 9.59 Å². The number of rotatable bonds is 0. The molecule has 3 aromatic rings. The Morgan fingerprint density at radius 2 is 1.64 bits per heavy atom. The van der Waals surface area contributed by atoms with Gasteiger partial charge in [0.1, 0.15) is 0 Å². The highest BCUT2D eigenvalue weighted by atomic mass is 16.4. The fourth-order valence-electron chi connectivity index (χ4n) is 1.48. The molecular formula is C8H5N3O3. The highest BCUT2D eigenvalue weighted by molar-refractivity contribution is 5.89. The largest absolute Gasteiger partial charge is 0.417 e. The Morgan fingerprint density at radius 3 is 2.43 bits per heavy atom. The van der Waals surface area contributed by atoms with Gasteiger partial charge in [-0.1, -0.05) is 0 Å². The highest BCUT2D eigenvalue weighted by Gasteiger charge is 2.04. The molecule has 2 aromatic heterocycles. The van der Waals surface area contributed by atoms with Crippen molar-refractivity contribution in [1.82, 2.24) is 15.0 Å². The third-order valence-electron chi connectivity index (χ3n) is 2.06. The van der Waals surface area contributed by atoms with E-state index in [0.29, 0.717) is 22.1 Å². The molecule has 0 aliphatic rings. The van der Waals surface area contributed by atoms with E-state index in [0.717, 1.165) is 0 Å². The number of hydrogen-bond donors (Lipinski definition) is 3. The van der Waals surface area contributed by atoms with Crippen LogP contribution in [0, 0.1) is 0 Å². The zero-order valence-corrected chi connectivity index (χ0v) is 6.88. The molecule has 6 nitrogen and oxygen atoms in total. The van der Waals surface area contributed by atoms with Gasteiger partial charge in [0.15, 0.2) is 5.58 Å². The molecule has 0 unspecified atom stereocenters. The Kier molecular flexibility index (Phi) is 1.11. The first-order chi connectivity index (χ1) is 6.72. The van der Waals surface area contributed by atoms with Crippen molar-refractivity contribution in [3.63, 3.8) is 0 Å². The van der Waals surface area contributed by atoms with Crippen LogP contribution >= 0.6 is 0 Å². The lowest BCUT2D eigenvalue weighted by molar-refractivity contribution is 0.555. The van der Waals surface area contributed by atoms with Gasteiger partial charge in [0.05, 0.1) is 16.6 Å². The van der Waals surface area contributed by atoms with Crippen LogP contribution in [0.1, 0.15) is 0 Å². The predicted octanol–water partition coefficient (Wildman–Crippen LogP) is 0.291. The lowest BCUT2D eigenvalue weighted by Gasteiger charge is -1.87. The predicted molar refractivity (Wildman–Crippen MR) is 49.3 cm³/mol. The van der Waals surface area contributed by atoms with Crippen LogP contribution in [0.4, 0.5) is 0 Å². The Morgan fingerprint density at radius 1 is 0.929 bits per heavy atom. The molecule has 3 rings (SSSR count). The molecule has 0 spiro atoms. The number of benzene rings is 1. The van der Waals surface area contributed by atoms with Gasteiger partial charge in [0.2, 0.25) is 0 Å². The van der Waals surface area contributed by atoms with Gasteiger partial charge >= 0.3 is 11.4 Å². The van der Waals surface area contributed by atoms with Crippen molar-refractivity contribution >= 4 is 22.1 Å². The van der Waals surface area contributed by atoms with E-state index in [4.69, 9.17) is 4.42 Å². The first-order valence-electron chi connectivity index (χ1n) is 3.97. The molecule has 0 aliphatic carbocycles. The zero-order chi connectivity index (χ0) is 9.71. The second kappa shape index (κ2) is 2.16. The molecule has 0 saturated heterocycles. The lowest BCUT2D eigenvalue weighted by atomic mass is 10.3. The van der Waals surface area contributed by atoms with Crippen LogP contribution in [0.3, 0.4) is 0 Å². The highest BCUT2D eigenvalue weighted by Crippen LogP contribution is 2.15. The van der Waals surface area contributed by atoms with E-state index in [1.54, 1.807) is 12.1 Å².